The number of anilines is 1. The van der Waals surface area contributed by atoms with Crippen LogP contribution < -0.4 is 4.90 Å². The number of para-hydroxylation sites is 1. The van der Waals surface area contributed by atoms with Crippen molar-refractivity contribution in [1.29, 1.82) is 0 Å². The third-order valence-corrected chi connectivity index (χ3v) is 8.43. The van der Waals surface area contributed by atoms with E-state index in [4.69, 9.17) is 0 Å². The second kappa shape index (κ2) is 11.8. The largest absolute Gasteiger partial charge is 0.507 e. The first kappa shape index (κ1) is 27.8. The Morgan fingerprint density at radius 1 is 0.975 bits per heavy atom. The van der Waals surface area contributed by atoms with Crippen molar-refractivity contribution in [1.82, 2.24) is 0 Å². The maximum absolute atomic E-state index is 13.5. The van der Waals surface area contributed by atoms with Gasteiger partial charge in [-0.15, -0.1) is 0 Å². The van der Waals surface area contributed by atoms with Crippen molar-refractivity contribution in [2.45, 2.75) is 38.7 Å². The number of phenolic OH excluding ortho intramolecular Hbond substituents is 1. The number of fused-ring (bicyclic) bond motifs is 2. The van der Waals surface area contributed by atoms with Crippen LogP contribution in [0.25, 0.3) is 16.8 Å². The van der Waals surface area contributed by atoms with Gasteiger partial charge in [-0.05, 0) is 66.0 Å². The lowest BCUT2D eigenvalue weighted by Gasteiger charge is -2.36. The number of allylic oxidation sites excluding steroid dienone is 1. The third-order valence-electron chi connectivity index (χ3n) is 8.43. The van der Waals surface area contributed by atoms with Crippen molar-refractivity contribution in [3.05, 3.63) is 89.0 Å². The fourth-order valence-corrected chi connectivity index (χ4v) is 6.42. The maximum Gasteiger partial charge on any atom is 0.238 e. The average Bonchev–Trinajstić information content (AvgIpc) is 3.24. The predicted octanol–water partition coefficient (Wildman–Crippen LogP) is 4.59. The van der Waals surface area contributed by atoms with Crippen molar-refractivity contribution in [3.8, 4) is 5.75 Å². The van der Waals surface area contributed by atoms with Gasteiger partial charge in [0.15, 0.2) is 0 Å². The number of hydrogen-bond donors (Lipinski definition) is 4. The predicted molar refractivity (Wildman–Crippen MR) is 154 cm³/mol. The smallest absolute Gasteiger partial charge is 0.238 e. The number of carbonyl (C=O) groups is 2. The van der Waals surface area contributed by atoms with Crippen LogP contribution in [0.4, 0.5) is 5.69 Å². The van der Waals surface area contributed by atoms with Crippen LogP contribution in [0.1, 0.15) is 38.2 Å². The van der Waals surface area contributed by atoms with Crippen LogP contribution in [0.3, 0.4) is 0 Å². The van der Waals surface area contributed by atoms with Gasteiger partial charge >= 0.3 is 0 Å². The zero-order valence-electron chi connectivity index (χ0n) is 22.5. The van der Waals surface area contributed by atoms with E-state index < -0.39 is 30.5 Å². The van der Waals surface area contributed by atoms with Crippen LogP contribution in [0.15, 0.2) is 83.4 Å². The zero-order valence-corrected chi connectivity index (χ0v) is 22.5. The normalized spacial score (nSPS) is 22.2. The van der Waals surface area contributed by atoms with Gasteiger partial charge < -0.3 is 20.4 Å². The molecule has 0 saturated carbocycles. The number of aliphatic hydroxyl groups is 3. The molecule has 4 atom stereocenters. The molecule has 1 aliphatic carbocycles. The van der Waals surface area contributed by atoms with E-state index in [9.17, 15) is 30.0 Å². The van der Waals surface area contributed by atoms with Gasteiger partial charge in [-0.2, -0.15) is 0 Å². The number of phenols is 1. The van der Waals surface area contributed by atoms with Gasteiger partial charge in [0.05, 0.1) is 36.8 Å². The number of nitrogens with zero attached hydrogens (tertiary/aromatic N) is 1. The quantitative estimate of drug-likeness (QED) is 0.233. The molecule has 4 N–H and O–H groups in total. The minimum atomic E-state index is -0.986. The Kier molecular flexibility index (Phi) is 8.17. The molecular weight excluding hydrogens is 506 g/mol. The standard InChI is InChI=1S/C33H35NO6/c1-2-20(16-21-13-15-28(37)25-11-7-6-10-24(21)25)12-14-29(38)30-22(18-35)17-26-31(27(30)19-36)33(40)34(32(26)39)23-8-4-3-5-9-23/h3-11,13,15-16,26-27,29,31,35-38H,2,12,14,17-19H2,1H3/b20-16+/t26-,27+,29-,31-/m1/s1. The number of aliphatic hydroxyl groups excluding tert-OH is 3. The number of hydrogen-bond acceptors (Lipinski definition) is 6. The molecule has 0 aromatic heterocycles. The van der Waals surface area contributed by atoms with Crippen molar-refractivity contribution in [3.63, 3.8) is 0 Å². The van der Waals surface area contributed by atoms with E-state index in [1.54, 1.807) is 36.4 Å². The summed E-state index contributed by atoms with van der Waals surface area (Å²) in [5.41, 5.74) is 3.55. The Balaban J connectivity index is 1.39. The molecule has 7 heteroatoms. The fourth-order valence-electron chi connectivity index (χ4n) is 6.42. The second-order valence-corrected chi connectivity index (χ2v) is 10.6. The summed E-state index contributed by atoms with van der Waals surface area (Å²) in [6.07, 6.45) is 2.92. The monoisotopic (exact) mass is 541 g/mol. The second-order valence-electron chi connectivity index (χ2n) is 10.6. The van der Waals surface area contributed by atoms with Gasteiger partial charge in [0, 0.05) is 11.3 Å². The van der Waals surface area contributed by atoms with Gasteiger partial charge in [-0.3, -0.25) is 14.5 Å². The SMILES string of the molecule is CC/C(=C\c1ccc(O)c2ccccc12)CC[C@@H](O)C1=C(CO)C[C@H]2C(=O)N(c3ccccc3)C(=O)[C@H]2[C@H]1CO. The molecule has 7 nitrogen and oxygen atoms in total. The molecular formula is C33H35NO6. The van der Waals surface area contributed by atoms with Crippen LogP contribution in [-0.4, -0.2) is 51.6 Å². The Labute approximate surface area is 233 Å². The average molecular weight is 542 g/mol. The van der Waals surface area contributed by atoms with Crippen LogP contribution in [0, 0.1) is 17.8 Å². The molecule has 0 spiro atoms. The highest BCUT2D eigenvalue weighted by Gasteiger charge is 2.55. The first-order chi connectivity index (χ1) is 19.4. The van der Waals surface area contributed by atoms with E-state index in [2.05, 4.69) is 6.08 Å². The topological polar surface area (TPSA) is 118 Å². The number of carbonyl (C=O) groups excluding carboxylic acids is 2. The van der Waals surface area contributed by atoms with Gasteiger partial charge in [0.1, 0.15) is 5.75 Å². The molecule has 3 aromatic rings. The molecule has 2 aliphatic rings. The van der Waals surface area contributed by atoms with Crippen molar-refractivity contribution < 1.29 is 30.0 Å². The van der Waals surface area contributed by atoms with Crippen LogP contribution in [0.5, 0.6) is 5.75 Å². The van der Waals surface area contributed by atoms with E-state index in [1.165, 1.54) is 4.90 Å². The molecule has 1 fully saturated rings. The van der Waals surface area contributed by atoms with Crippen LogP contribution in [0.2, 0.25) is 0 Å². The van der Waals surface area contributed by atoms with Gasteiger partial charge in [0.2, 0.25) is 11.8 Å². The first-order valence-electron chi connectivity index (χ1n) is 13.8. The molecule has 208 valence electrons. The number of rotatable bonds is 9. The highest BCUT2D eigenvalue weighted by atomic mass is 16.3. The van der Waals surface area contributed by atoms with Gasteiger partial charge in [0.25, 0.3) is 0 Å². The first-order valence-corrected chi connectivity index (χ1v) is 13.8. The highest BCUT2D eigenvalue weighted by Crippen LogP contribution is 2.47. The summed E-state index contributed by atoms with van der Waals surface area (Å²) >= 11 is 0. The summed E-state index contributed by atoms with van der Waals surface area (Å²) in [4.78, 5) is 28.0. The van der Waals surface area contributed by atoms with E-state index in [1.807, 2.05) is 37.3 Å². The minimum Gasteiger partial charge on any atom is -0.507 e. The van der Waals surface area contributed by atoms with E-state index >= 15 is 0 Å². The van der Waals surface area contributed by atoms with Crippen molar-refractivity contribution in [2.75, 3.05) is 18.1 Å². The molecule has 0 unspecified atom stereocenters. The molecule has 1 aliphatic heterocycles. The summed E-state index contributed by atoms with van der Waals surface area (Å²) in [5.74, 6) is -2.72. The van der Waals surface area contributed by atoms with Crippen molar-refractivity contribution in [2.24, 2.45) is 17.8 Å². The summed E-state index contributed by atoms with van der Waals surface area (Å²) in [7, 11) is 0. The Morgan fingerprint density at radius 3 is 2.35 bits per heavy atom. The zero-order chi connectivity index (χ0) is 28.4. The van der Waals surface area contributed by atoms with E-state index in [0.717, 1.165) is 28.3 Å². The number of imide groups is 1. The summed E-state index contributed by atoms with van der Waals surface area (Å²) in [6, 6.07) is 19.9. The lowest BCUT2D eigenvalue weighted by Crippen LogP contribution is -2.39. The Morgan fingerprint density at radius 2 is 1.68 bits per heavy atom. The van der Waals surface area contributed by atoms with Crippen LogP contribution >= 0.6 is 0 Å². The highest BCUT2D eigenvalue weighted by molar-refractivity contribution is 6.22. The van der Waals surface area contributed by atoms with E-state index in [-0.39, 0.29) is 30.6 Å². The Bertz CT molecular complexity index is 1480. The third kappa shape index (κ3) is 4.96. The summed E-state index contributed by atoms with van der Waals surface area (Å²) in [5, 5.41) is 44.0. The lowest BCUT2D eigenvalue weighted by atomic mass is 9.68. The molecule has 3 aromatic carbocycles. The van der Waals surface area contributed by atoms with Gasteiger partial charge in [-0.1, -0.05) is 67.1 Å². The molecule has 40 heavy (non-hydrogen) atoms. The number of benzene rings is 3. The number of aromatic hydroxyl groups is 1. The number of amides is 2. The van der Waals surface area contributed by atoms with Crippen molar-refractivity contribution >= 4 is 34.4 Å². The summed E-state index contributed by atoms with van der Waals surface area (Å²) < 4.78 is 0. The Hall–Kier alpha value is -3.78. The molecule has 0 radical (unpaired) electrons. The fraction of sp³-hybridized carbons (Fsp3) is 0.333. The molecule has 1 heterocycles. The molecule has 1 saturated heterocycles. The molecule has 2 amide bonds. The maximum atomic E-state index is 13.5. The minimum absolute atomic E-state index is 0.175. The van der Waals surface area contributed by atoms with Gasteiger partial charge in [-0.25, -0.2) is 0 Å². The van der Waals surface area contributed by atoms with Crippen LogP contribution in [-0.2, 0) is 9.59 Å². The molecule has 5 rings (SSSR count). The van der Waals surface area contributed by atoms with E-state index in [0.29, 0.717) is 29.7 Å². The lowest BCUT2D eigenvalue weighted by molar-refractivity contribution is -0.123. The summed E-state index contributed by atoms with van der Waals surface area (Å²) in [6.45, 7) is 1.28. The molecule has 0 bridgehead atoms.